The molecule has 0 unspecified atom stereocenters. The summed E-state index contributed by atoms with van der Waals surface area (Å²) in [4.78, 5) is 16.6. The average molecular weight is 268 g/mol. The van der Waals surface area contributed by atoms with Crippen LogP contribution in [0.5, 0.6) is 0 Å². The highest BCUT2D eigenvalue weighted by Crippen LogP contribution is 2.28. The van der Waals surface area contributed by atoms with Crippen molar-refractivity contribution >= 4 is 5.91 Å². The number of rotatable bonds is 6. The van der Waals surface area contributed by atoms with E-state index in [4.69, 9.17) is 4.74 Å². The number of hydrogen-bond donors (Lipinski definition) is 0. The van der Waals surface area contributed by atoms with Crippen LogP contribution in [0.3, 0.4) is 0 Å². The van der Waals surface area contributed by atoms with Crippen LogP contribution >= 0.6 is 0 Å². The number of carbonyl (C=O) groups excluding carboxylic acids is 1. The Balaban J connectivity index is 1.61. The Morgan fingerprint density at radius 3 is 2.47 bits per heavy atom. The first-order valence-corrected chi connectivity index (χ1v) is 7.78. The maximum Gasteiger partial charge on any atom is 0.222 e. The lowest BCUT2D eigenvalue weighted by atomic mass is 10.0. The SMILES string of the molecule is COCCN1CCN(C(=O)CCC2CCCC2)CC1. The molecule has 1 saturated heterocycles. The second kappa shape index (κ2) is 7.85. The molecule has 1 aliphatic heterocycles. The topological polar surface area (TPSA) is 32.8 Å². The van der Waals surface area contributed by atoms with Crippen molar-refractivity contribution < 1.29 is 9.53 Å². The second-order valence-electron chi connectivity index (χ2n) is 5.90. The van der Waals surface area contributed by atoms with E-state index in [1.54, 1.807) is 7.11 Å². The molecule has 0 aromatic heterocycles. The summed E-state index contributed by atoms with van der Waals surface area (Å²) in [5.74, 6) is 1.20. The molecule has 1 heterocycles. The number of piperazine rings is 1. The van der Waals surface area contributed by atoms with Crippen LogP contribution < -0.4 is 0 Å². The lowest BCUT2D eigenvalue weighted by Gasteiger charge is -2.34. The third-order valence-electron chi connectivity index (χ3n) is 4.58. The lowest BCUT2D eigenvalue weighted by molar-refractivity contribution is -0.133. The second-order valence-corrected chi connectivity index (χ2v) is 5.90. The van der Waals surface area contributed by atoms with Crippen molar-refractivity contribution in [3.63, 3.8) is 0 Å². The van der Waals surface area contributed by atoms with Crippen LogP contribution in [0.25, 0.3) is 0 Å². The van der Waals surface area contributed by atoms with Crippen LogP contribution in [0.1, 0.15) is 38.5 Å². The fraction of sp³-hybridized carbons (Fsp3) is 0.933. The lowest BCUT2D eigenvalue weighted by Crippen LogP contribution is -2.49. The summed E-state index contributed by atoms with van der Waals surface area (Å²) in [5, 5.41) is 0. The monoisotopic (exact) mass is 268 g/mol. The summed E-state index contributed by atoms with van der Waals surface area (Å²) in [6, 6.07) is 0. The molecule has 1 amide bonds. The zero-order valence-electron chi connectivity index (χ0n) is 12.3. The Morgan fingerprint density at radius 1 is 1.16 bits per heavy atom. The first-order chi connectivity index (χ1) is 9.29. The van der Waals surface area contributed by atoms with E-state index in [0.29, 0.717) is 5.91 Å². The van der Waals surface area contributed by atoms with Crippen LogP contribution in [-0.4, -0.2) is 62.1 Å². The summed E-state index contributed by atoms with van der Waals surface area (Å²) in [7, 11) is 1.74. The molecule has 0 aromatic rings. The highest BCUT2D eigenvalue weighted by atomic mass is 16.5. The number of carbonyl (C=O) groups is 1. The van der Waals surface area contributed by atoms with Gasteiger partial charge in [-0.1, -0.05) is 25.7 Å². The predicted octanol–water partition coefficient (Wildman–Crippen LogP) is 1.75. The normalized spacial score (nSPS) is 22.1. The van der Waals surface area contributed by atoms with E-state index >= 15 is 0 Å². The molecule has 1 saturated carbocycles. The van der Waals surface area contributed by atoms with Crippen molar-refractivity contribution in [1.82, 2.24) is 9.80 Å². The van der Waals surface area contributed by atoms with Crippen molar-refractivity contribution in [2.45, 2.75) is 38.5 Å². The standard InChI is InChI=1S/C15H28N2O2/c1-19-13-12-16-8-10-17(11-9-16)15(18)7-6-14-4-2-3-5-14/h14H,2-13H2,1H3. The smallest absolute Gasteiger partial charge is 0.222 e. The third kappa shape index (κ3) is 4.77. The Kier molecular flexibility index (Phi) is 6.11. The summed E-state index contributed by atoms with van der Waals surface area (Å²) >= 11 is 0. The van der Waals surface area contributed by atoms with Crippen LogP contribution in [-0.2, 0) is 9.53 Å². The molecule has 0 atom stereocenters. The molecule has 0 spiro atoms. The van der Waals surface area contributed by atoms with Crippen molar-refractivity contribution in [1.29, 1.82) is 0 Å². The largest absolute Gasteiger partial charge is 0.383 e. The average Bonchev–Trinajstić information content (AvgIpc) is 2.96. The quantitative estimate of drug-likeness (QED) is 0.736. The van der Waals surface area contributed by atoms with Gasteiger partial charge in [0.05, 0.1) is 6.61 Å². The zero-order chi connectivity index (χ0) is 13.5. The van der Waals surface area contributed by atoms with Gasteiger partial charge in [-0.2, -0.15) is 0 Å². The van der Waals surface area contributed by atoms with E-state index in [1.807, 2.05) is 0 Å². The molecule has 2 rings (SSSR count). The number of hydrogen-bond acceptors (Lipinski definition) is 3. The van der Waals surface area contributed by atoms with Crippen LogP contribution in [0.15, 0.2) is 0 Å². The van der Waals surface area contributed by atoms with E-state index in [0.717, 1.165) is 58.1 Å². The van der Waals surface area contributed by atoms with Gasteiger partial charge < -0.3 is 9.64 Å². The summed E-state index contributed by atoms with van der Waals surface area (Å²) in [6.07, 6.45) is 7.32. The van der Waals surface area contributed by atoms with E-state index in [1.165, 1.54) is 25.7 Å². The summed E-state index contributed by atoms with van der Waals surface area (Å²) < 4.78 is 5.09. The zero-order valence-corrected chi connectivity index (χ0v) is 12.3. The maximum absolute atomic E-state index is 12.2. The van der Waals surface area contributed by atoms with Crippen molar-refractivity contribution in [2.24, 2.45) is 5.92 Å². The molecule has 2 fully saturated rings. The number of ether oxygens (including phenoxy) is 1. The van der Waals surface area contributed by atoms with Gasteiger partial charge in [-0.15, -0.1) is 0 Å². The third-order valence-corrected chi connectivity index (χ3v) is 4.58. The molecule has 0 N–H and O–H groups in total. The van der Waals surface area contributed by atoms with E-state index < -0.39 is 0 Å². The van der Waals surface area contributed by atoms with Gasteiger partial charge in [0.25, 0.3) is 0 Å². The fourth-order valence-electron chi connectivity index (χ4n) is 3.23. The van der Waals surface area contributed by atoms with Crippen molar-refractivity contribution in [3.05, 3.63) is 0 Å². The van der Waals surface area contributed by atoms with Gasteiger partial charge >= 0.3 is 0 Å². The van der Waals surface area contributed by atoms with E-state index in [-0.39, 0.29) is 0 Å². The molecular weight excluding hydrogens is 240 g/mol. The molecule has 110 valence electrons. The Morgan fingerprint density at radius 2 is 1.84 bits per heavy atom. The number of methoxy groups -OCH3 is 1. The molecule has 4 heteroatoms. The summed E-state index contributed by atoms with van der Waals surface area (Å²) in [5.41, 5.74) is 0. The van der Waals surface area contributed by atoms with E-state index in [9.17, 15) is 4.79 Å². The number of amides is 1. The number of nitrogens with zero attached hydrogens (tertiary/aromatic N) is 2. The van der Waals surface area contributed by atoms with Crippen LogP contribution in [0, 0.1) is 5.92 Å². The van der Waals surface area contributed by atoms with Crippen LogP contribution in [0.2, 0.25) is 0 Å². The summed E-state index contributed by atoms with van der Waals surface area (Å²) in [6.45, 7) is 5.56. The highest BCUT2D eigenvalue weighted by Gasteiger charge is 2.22. The van der Waals surface area contributed by atoms with Crippen molar-refractivity contribution in [2.75, 3.05) is 46.4 Å². The van der Waals surface area contributed by atoms with Gasteiger partial charge in [0.15, 0.2) is 0 Å². The Labute approximate surface area is 117 Å². The molecule has 4 nitrogen and oxygen atoms in total. The van der Waals surface area contributed by atoms with Gasteiger partial charge in [0.2, 0.25) is 5.91 Å². The van der Waals surface area contributed by atoms with Gasteiger partial charge in [-0.3, -0.25) is 9.69 Å². The minimum absolute atomic E-state index is 0.373. The van der Waals surface area contributed by atoms with Crippen LogP contribution in [0.4, 0.5) is 0 Å². The molecule has 19 heavy (non-hydrogen) atoms. The molecule has 0 aromatic carbocycles. The molecule has 0 radical (unpaired) electrons. The highest BCUT2D eigenvalue weighted by molar-refractivity contribution is 5.76. The maximum atomic E-state index is 12.2. The molecule has 2 aliphatic rings. The first kappa shape index (κ1) is 14.8. The van der Waals surface area contributed by atoms with Gasteiger partial charge in [0.1, 0.15) is 0 Å². The fourth-order valence-corrected chi connectivity index (χ4v) is 3.23. The molecular formula is C15H28N2O2. The Bertz CT molecular complexity index is 269. The van der Waals surface area contributed by atoms with Gasteiger partial charge in [-0.05, 0) is 12.3 Å². The van der Waals surface area contributed by atoms with E-state index in [2.05, 4.69) is 9.80 Å². The predicted molar refractivity (Wildman–Crippen MR) is 76.1 cm³/mol. The first-order valence-electron chi connectivity index (χ1n) is 7.78. The Hall–Kier alpha value is -0.610. The van der Waals surface area contributed by atoms with Crippen molar-refractivity contribution in [3.8, 4) is 0 Å². The minimum atomic E-state index is 0.373. The minimum Gasteiger partial charge on any atom is -0.383 e. The molecule has 1 aliphatic carbocycles. The van der Waals surface area contributed by atoms with Gasteiger partial charge in [-0.25, -0.2) is 0 Å². The molecule has 0 bridgehead atoms. The van der Waals surface area contributed by atoms with Gasteiger partial charge in [0, 0.05) is 46.3 Å².